The number of halogens is 1. The van der Waals surface area contributed by atoms with Crippen LogP contribution in [0.5, 0.6) is 0 Å². The Kier molecular flexibility index (Phi) is 5.14. The molecule has 2 nitrogen and oxygen atoms in total. The lowest BCUT2D eigenvalue weighted by Gasteiger charge is -2.13. The molecule has 100 valence electrons. The van der Waals surface area contributed by atoms with Gasteiger partial charge in [0, 0.05) is 4.47 Å². The van der Waals surface area contributed by atoms with Crippen molar-refractivity contribution < 1.29 is 4.74 Å². The summed E-state index contributed by atoms with van der Waals surface area (Å²) in [5.74, 6) is 0. The molecule has 0 aliphatic heterocycles. The van der Waals surface area contributed by atoms with Gasteiger partial charge in [-0.3, -0.25) is 0 Å². The number of benzene rings is 2. The van der Waals surface area contributed by atoms with Gasteiger partial charge in [0.05, 0.1) is 19.3 Å². The zero-order valence-corrected chi connectivity index (χ0v) is 12.6. The van der Waals surface area contributed by atoms with E-state index in [1.807, 2.05) is 30.3 Å². The third-order valence-electron chi connectivity index (χ3n) is 2.90. The van der Waals surface area contributed by atoms with Gasteiger partial charge in [0.15, 0.2) is 0 Å². The maximum Gasteiger partial charge on any atom is 0.0718 e. The lowest BCUT2D eigenvalue weighted by molar-refractivity contribution is 0.108. The van der Waals surface area contributed by atoms with Crippen molar-refractivity contribution in [2.45, 2.75) is 19.6 Å². The molecule has 0 fully saturated rings. The highest BCUT2D eigenvalue weighted by molar-refractivity contribution is 9.10. The Hall–Kier alpha value is -1.16. The first-order chi connectivity index (χ1) is 9.15. The molecule has 0 spiro atoms. The zero-order chi connectivity index (χ0) is 13.7. The summed E-state index contributed by atoms with van der Waals surface area (Å²) in [6, 6.07) is 16.2. The van der Waals surface area contributed by atoms with Crippen LogP contribution < -0.4 is 5.73 Å². The third kappa shape index (κ3) is 4.46. The van der Waals surface area contributed by atoms with Gasteiger partial charge in [-0.05, 0) is 35.7 Å². The number of ether oxygens (including phenoxy) is 1. The molecule has 2 aromatic carbocycles. The maximum atomic E-state index is 6.08. The molecule has 0 bridgehead atoms. The summed E-state index contributed by atoms with van der Waals surface area (Å²) in [6.07, 6.45) is 0. The number of aryl methyl sites for hydroxylation is 1. The molecule has 1 atom stereocenters. The van der Waals surface area contributed by atoms with Crippen molar-refractivity contribution >= 4 is 15.9 Å². The number of rotatable bonds is 5. The fourth-order valence-electron chi connectivity index (χ4n) is 2.00. The van der Waals surface area contributed by atoms with Gasteiger partial charge in [-0.25, -0.2) is 0 Å². The predicted molar refractivity (Wildman–Crippen MR) is 81.9 cm³/mol. The molecule has 19 heavy (non-hydrogen) atoms. The Morgan fingerprint density at radius 1 is 1.16 bits per heavy atom. The summed E-state index contributed by atoms with van der Waals surface area (Å²) in [6.45, 7) is 3.18. The van der Waals surface area contributed by atoms with Crippen LogP contribution in [-0.2, 0) is 11.3 Å². The average molecular weight is 320 g/mol. The molecule has 0 aromatic heterocycles. The van der Waals surface area contributed by atoms with Crippen molar-refractivity contribution in [3.8, 4) is 0 Å². The van der Waals surface area contributed by atoms with E-state index < -0.39 is 0 Å². The van der Waals surface area contributed by atoms with Gasteiger partial charge in [-0.15, -0.1) is 0 Å². The van der Waals surface area contributed by atoms with Crippen LogP contribution >= 0.6 is 15.9 Å². The highest BCUT2D eigenvalue weighted by Gasteiger charge is 2.05. The number of hydrogen-bond acceptors (Lipinski definition) is 2. The highest BCUT2D eigenvalue weighted by Crippen LogP contribution is 2.17. The first kappa shape index (κ1) is 14.3. The lowest BCUT2D eigenvalue weighted by atomic mass is 10.1. The molecule has 0 saturated heterocycles. The van der Waals surface area contributed by atoms with Crippen LogP contribution in [0.15, 0.2) is 53.0 Å². The van der Waals surface area contributed by atoms with Crippen molar-refractivity contribution in [1.29, 1.82) is 0 Å². The average Bonchev–Trinajstić information content (AvgIpc) is 2.38. The second-order valence-electron chi connectivity index (χ2n) is 4.67. The topological polar surface area (TPSA) is 35.2 Å². The summed E-state index contributed by atoms with van der Waals surface area (Å²) in [5, 5.41) is 0. The van der Waals surface area contributed by atoms with E-state index >= 15 is 0 Å². The Bertz CT molecular complexity index is 507. The Morgan fingerprint density at radius 2 is 1.89 bits per heavy atom. The molecule has 0 unspecified atom stereocenters. The summed E-state index contributed by atoms with van der Waals surface area (Å²) < 4.78 is 6.78. The Labute approximate surface area is 122 Å². The summed E-state index contributed by atoms with van der Waals surface area (Å²) in [4.78, 5) is 0. The van der Waals surface area contributed by atoms with Crippen molar-refractivity contribution in [1.82, 2.24) is 0 Å². The van der Waals surface area contributed by atoms with Crippen molar-refractivity contribution in [3.63, 3.8) is 0 Å². The summed E-state index contributed by atoms with van der Waals surface area (Å²) in [5.41, 5.74) is 9.57. The van der Waals surface area contributed by atoms with Crippen LogP contribution in [-0.4, -0.2) is 6.61 Å². The van der Waals surface area contributed by atoms with Gasteiger partial charge in [-0.1, -0.05) is 52.3 Å². The van der Waals surface area contributed by atoms with E-state index in [9.17, 15) is 0 Å². The molecule has 0 saturated carbocycles. The predicted octanol–water partition coefficient (Wildman–Crippen LogP) is 3.97. The largest absolute Gasteiger partial charge is 0.375 e. The van der Waals surface area contributed by atoms with Crippen molar-refractivity contribution in [2.75, 3.05) is 6.61 Å². The second-order valence-corrected chi connectivity index (χ2v) is 5.58. The minimum Gasteiger partial charge on any atom is -0.375 e. The summed E-state index contributed by atoms with van der Waals surface area (Å²) >= 11 is 3.49. The summed E-state index contributed by atoms with van der Waals surface area (Å²) in [7, 11) is 0. The van der Waals surface area contributed by atoms with Crippen LogP contribution in [0.25, 0.3) is 0 Å². The molecule has 2 aromatic rings. The first-order valence-corrected chi connectivity index (χ1v) is 7.09. The molecular formula is C16H18BrNO. The van der Waals surface area contributed by atoms with Crippen LogP contribution in [0.2, 0.25) is 0 Å². The van der Waals surface area contributed by atoms with Crippen LogP contribution in [0.3, 0.4) is 0 Å². The van der Waals surface area contributed by atoms with E-state index in [0.717, 1.165) is 15.6 Å². The van der Waals surface area contributed by atoms with Gasteiger partial charge in [0.1, 0.15) is 0 Å². The highest BCUT2D eigenvalue weighted by atomic mass is 79.9. The third-order valence-corrected chi connectivity index (χ3v) is 3.35. The van der Waals surface area contributed by atoms with E-state index in [4.69, 9.17) is 10.5 Å². The molecule has 0 radical (unpaired) electrons. The minimum atomic E-state index is -0.0746. The molecule has 0 aliphatic carbocycles. The van der Waals surface area contributed by atoms with Gasteiger partial charge in [0.2, 0.25) is 0 Å². The minimum absolute atomic E-state index is 0.0746. The normalized spacial score (nSPS) is 12.4. The van der Waals surface area contributed by atoms with Crippen molar-refractivity contribution in [2.24, 2.45) is 5.73 Å². The molecule has 2 N–H and O–H groups in total. The van der Waals surface area contributed by atoms with Crippen LogP contribution in [0, 0.1) is 6.92 Å². The quantitative estimate of drug-likeness (QED) is 0.904. The van der Waals surface area contributed by atoms with Gasteiger partial charge >= 0.3 is 0 Å². The lowest BCUT2D eigenvalue weighted by Crippen LogP contribution is -2.16. The van der Waals surface area contributed by atoms with Crippen molar-refractivity contribution in [3.05, 3.63) is 69.7 Å². The molecule has 0 amide bonds. The van der Waals surface area contributed by atoms with E-state index in [-0.39, 0.29) is 6.04 Å². The monoisotopic (exact) mass is 319 g/mol. The Balaban J connectivity index is 1.86. The fourth-order valence-corrected chi connectivity index (χ4v) is 2.65. The van der Waals surface area contributed by atoms with Gasteiger partial charge in [0.25, 0.3) is 0 Å². The molecule has 2 rings (SSSR count). The fraction of sp³-hybridized carbons (Fsp3) is 0.250. The van der Waals surface area contributed by atoms with Crippen LogP contribution in [0.1, 0.15) is 22.7 Å². The van der Waals surface area contributed by atoms with E-state index in [2.05, 4.69) is 41.1 Å². The SMILES string of the molecule is Cc1cc(Br)cc(COC[C@@H](N)c2ccccc2)c1. The molecule has 0 heterocycles. The number of nitrogens with two attached hydrogens (primary N) is 1. The molecule has 0 aliphatic rings. The van der Waals surface area contributed by atoms with Crippen LogP contribution in [0.4, 0.5) is 0 Å². The maximum absolute atomic E-state index is 6.08. The number of hydrogen-bond donors (Lipinski definition) is 1. The van der Waals surface area contributed by atoms with E-state index in [1.54, 1.807) is 0 Å². The zero-order valence-electron chi connectivity index (χ0n) is 11.0. The van der Waals surface area contributed by atoms with E-state index in [1.165, 1.54) is 5.56 Å². The Morgan fingerprint density at radius 3 is 2.58 bits per heavy atom. The second kappa shape index (κ2) is 6.85. The van der Waals surface area contributed by atoms with Gasteiger partial charge in [-0.2, -0.15) is 0 Å². The first-order valence-electron chi connectivity index (χ1n) is 6.29. The molecule has 3 heteroatoms. The van der Waals surface area contributed by atoms with E-state index in [0.29, 0.717) is 13.2 Å². The van der Waals surface area contributed by atoms with Gasteiger partial charge < -0.3 is 10.5 Å². The smallest absolute Gasteiger partial charge is 0.0718 e. The standard InChI is InChI=1S/C16H18BrNO/c1-12-7-13(9-15(17)8-12)10-19-11-16(18)14-5-3-2-4-6-14/h2-9,16H,10-11,18H2,1H3/t16-/m1/s1. The molecular weight excluding hydrogens is 302 g/mol.